The molecule has 1 heterocycles. The Kier molecular flexibility index (Phi) is 6.65. The minimum Gasteiger partial charge on any atom is -0.480 e. The fourth-order valence-electron chi connectivity index (χ4n) is 2.45. The Balaban J connectivity index is 2.65. The number of rotatable bonds is 7. The van der Waals surface area contributed by atoms with E-state index >= 15 is 0 Å². The minimum absolute atomic E-state index is 0.0926. The van der Waals surface area contributed by atoms with Gasteiger partial charge in [0.2, 0.25) is 5.91 Å². The smallest absolute Gasteiger partial charge is 0.326 e. The number of amides is 1. The van der Waals surface area contributed by atoms with E-state index in [1.54, 1.807) is 11.8 Å². The molecule has 0 bridgehead atoms. The van der Waals surface area contributed by atoms with Crippen LogP contribution in [0.4, 0.5) is 0 Å². The number of hydrogen-bond acceptors (Lipinski definition) is 4. The van der Waals surface area contributed by atoms with Crippen LogP contribution in [0.15, 0.2) is 0 Å². The van der Waals surface area contributed by atoms with Crippen molar-refractivity contribution in [2.45, 2.75) is 38.6 Å². The normalized spacial score (nSPS) is 19.7. The molecule has 0 aromatic rings. The van der Waals surface area contributed by atoms with Gasteiger partial charge in [0.1, 0.15) is 6.04 Å². The lowest BCUT2D eigenvalue weighted by Crippen LogP contribution is -2.52. The number of aliphatic carboxylic acids is 1. The molecule has 0 radical (unpaired) electrons. The van der Waals surface area contributed by atoms with E-state index in [1.165, 1.54) is 0 Å². The van der Waals surface area contributed by atoms with E-state index in [0.29, 0.717) is 6.42 Å². The maximum Gasteiger partial charge on any atom is 0.326 e. The molecule has 1 saturated heterocycles. The number of carboxylic acids is 1. The van der Waals surface area contributed by atoms with E-state index in [2.05, 4.69) is 10.6 Å². The van der Waals surface area contributed by atoms with Crippen molar-refractivity contribution in [2.75, 3.05) is 25.1 Å². The highest BCUT2D eigenvalue weighted by molar-refractivity contribution is 7.98. The Hall–Kier alpha value is -0.750. The Morgan fingerprint density at radius 3 is 2.53 bits per heavy atom. The molecule has 0 spiro atoms. The number of hydrogen-bond donors (Lipinski definition) is 3. The lowest BCUT2D eigenvalue weighted by molar-refractivity contribution is -0.144. The summed E-state index contributed by atoms with van der Waals surface area (Å²) in [6.07, 6.45) is 4.73. The SMILES string of the molecule is CCC1(C(=O)NC(CCSC)C(=O)O)CCNCC1. The second-order valence-corrected chi connectivity index (χ2v) is 6.02. The summed E-state index contributed by atoms with van der Waals surface area (Å²) in [6.45, 7) is 3.65. The maximum absolute atomic E-state index is 12.4. The summed E-state index contributed by atoms with van der Waals surface area (Å²) >= 11 is 1.59. The molecule has 6 heteroatoms. The largest absolute Gasteiger partial charge is 0.480 e. The van der Waals surface area contributed by atoms with Gasteiger partial charge in [-0.2, -0.15) is 11.8 Å². The molecule has 3 N–H and O–H groups in total. The van der Waals surface area contributed by atoms with Crippen molar-refractivity contribution in [3.05, 3.63) is 0 Å². The number of piperidine rings is 1. The van der Waals surface area contributed by atoms with Crippen molar-refractivity contribution in [3.63, 3.8) is 0 Å². The first kappa shape index (κ1) is 16.3. The number of carbonyl (C=O) groups excluding carboxylic acids is 1. The van der Waals surface area contributed by atoms with Crippen LogP contribution in [0.5, 0.6) is 0 Å². The van der Waals surface area contributed by atoms with Crippen LogP contribution in [0.2, 0.25) is 0 Å². The van der Waals surface area contributed by atoms with Gasteiger partial charge in [-0.15, -0.1) is 0 Å². The van der Waals surface area contributed by atoms with Crippen molar-refractivity contribution in [1.29, 1.82) is 0 Å². The Morgan fingerprint density at radius 2 is 2.05 bits per heavy atom. The van der Waals surface area contributed by atoms with Crippen molar-refractivity contribution >= 4 is 23.6 Å². The fourth-order valence-corrected chi connectivity index (χ4v) is 2.92. The van der Waals surface area contributed by atoms with Gasteiger partial charge in [-0.1, -0.05) is 6.92 Å². The van der Waals surface area contributed by atoms with E-state index in [9.17, 15) is 9.59 Å². The number of thioether (sulfide) groups is 1. The van der Waals surface area contributed by atoms with Crippen molar-refractivity contribution in [1.82, 2.24) is 10.6 Å². The van der Waals surface area contributed by atoms with Gasteiger partial charge in [0, 0.05) is 0 Å². The van der Waals surface area contributed by atoms with Gasteiger partial charge in [0.15, 0.2) is 0 Å². The summed E-state index contributed by atoms with van der Waals surface area (Å²) in [5.41, 5.74) is -0.391. The van der Waals surface area contributed by atoms with E-state index in [-0.39, 0.29) is 5.91 Å². The summed E-state index contributed by atoms with van der Waals surface area (Å²) in [4.78, 5) is 23.6. The minimum atomic E-state index is -0.942. The predicted octanol–water partition coefficient (Wildman–Crippen LogP) is 1.09. The molecule has 1 rings (SSSR count). The highest BCUT2D eigenvalue weighted by Gasteiger charge is 2.39. The fraction of sp³-hybridized carbons (Fsp3) is 0.846. The zero-order valence-electron chi connectivity index (χ0n) is 11.7. The Bertz CT molecular complexity index is 317. The van der Waals surface area contributed by atoms with Crippen molar-refractivity contribution in [3.8, 4) is 0 Å². The topological polar surface area (TPSA) is 78.4 Å². The first-order valence-electron chi connectivity index (χ1n) is 6.79. The molecule has 0 aliphatic carbocycles. The van der Waals surface area contributed by atoms with Crippen LogP contribution < -0.4 is 10.6 Å². The summed E-state index contributed by atoms with van der Waals surface area (Å²) in [5.74, 6) is -0.301. The molecule has 0 saturated carbocycles. The number of carboxylic acid groups (broad SMARTS) is 1. The third-order valence-electron chi connectivity index (χ3n) is 3.93. The Labute approximate surface area is 118 Å². The molecule has 0 aromatic carbocycles. The van der Waals surface area contributed by atoms with Crippen LogP contribution in [-0.4, -0.2) is 48.1 Å². The van der Waals surface area contributed by atoms with E-state index < -0.39 is 17.4 Å². The molecule has 1 unspecified atom stereocenters. The lowest BCUT2D eigenvalue weighted by atomic mass is 9.75. The molecule has 1 aliphatic heterocycles. The third-order valence-corrected chi connectivity index (χ3v) is 4.58. The van der Waals surface area contributed by atoms with Crippen molar-refractivity contribution in [2.24, 2.45) is 5.41 Å². The van der Waals surface area contributed by atoms with Crippen molar-refractivity contribution < 1.29 is 14.7 Å². The first-order valence-corrected chi connectivity index (χ1v) is 8.18. The van der Waals surface area contributed by atoms with Crippen LogP contribution in [0, 0.1) is 5.41 Å². The highest BCUT2D eigenvalue weighted by Crippen LogP contribution is 2.32. The highest BCUT2D eigenvalue weighted by atomic mass is 32.2. The Morgan fingerprint density at radius 1 is 1.42 bits per heavy atom. The second-order valence-electron chi connectivity index (χ2n) is 5.03. The summed E-state index contributed by atoms with van der Waals surface area (Å²) in [5, 5.41) is 15.1. The van der Waals surface area contributed by atoms with Gasteiger partial charge in [-0.05, 0) is 50.8 Å². The van der Waals surface area contributed by atoms with Gasteiger partial charge in [-0.25, -0.2) is 4.79 Å². The molecule has 5 nitrogen and oxygen atoms in total. The summed E-state index contributed by atoms with van der Waals surface area (Å²) < 4.78 is 0. The van der Waals surface area contributed by atoms with Crippen LogP contribution in [0.25, 0.3) is 0 Å². The van der Waals surface area contributed by atoms with Gasteiger partial charge < -0.3 is 15.7 Å². The molecular formula is C13H24N2O3S. The summed E-state index contributed by atoms with van der Waals surface area (Å²) in [7, 11) is 0. The maximum atomic E-state index is 12.4. The van der Waals surface area contributed by atoms with Gasteiger partial charge in [0.25, 0.3) is 0 Å². The monoisotopic (exact) mass is 288 g/mol. The first-order chi connectivity index (χ1) is 9.05. The van der Waals surface area contributed by atoms with Gasteiger partial charge >= 0.3 is 5.97 Å². The lowest BCUT2D eigenvalue weighted by Gasteiger charge is -2.36. The van der Waals surface area contributed by atoms with Crippen LogP contribution in [-0.2, 0) is 9.59 Å². The number of carbonyl (C=O) groups is 2. The molecule has 1 amide bonds. The summed E-state index contributed by atoms with van der Waals surface area (Å²) in [6, 6.07) is -0.765. The zero-order valence-corrected chi connectivity index (χ0v) is 12.5. The molecular weight excluding hydrogens is 264 g/mol. The average Bonchev–Trinajstić information content (AvgIpc) is 2.43. The van der Waals surface area contributed by atoms with Crippen LogP contribution >= 0.6 is 11.8 Å². The van der Waals surface area contributed by atoms with Crippen LogP contribution in [0.3, 0.4) is 0 Å². The zero-order chi connectivity index (χ0) is 14.3. The van der Waals surface area contributed by atoms with Gasteiger partial charge in [0.05, 0.1) is 5.41 Å². The molecule has 1 fully saturated rings. The van der Waals surface area contributed by atoms with E-state index in [1.807, 2.05) is 13.2 Å². The molecule has 110 valence electrons. The van der Waals surface area contributed by atoms with Gasteiger partial charge in [-0.3, -0.25) is 4.79 Å². The van der Waals surface area contributed by atoms with E-state index in [0.717, 1.165) is 38.1 Å². The molecule has 1 aliphatic rings. The standard InChI is InChI=1S/C13H24N2O3S/c1-3-13(5-7-14-8-6-13)12(18)15-10(11(16)17)4-9-19-2/h10,14H,3-9H2,1-2H3,(H,15,18)(H,16,17). The number of nitrogens with one attached hydrogen (secondary N) is 2. The molecule has 0 aromatic heterocycles. The third kappa shape index (κ3) is 4.38. The molecule has 1 atom stereocenters. The second kappa shape index (κ2) is 7.75. The van der Waals surface area contributed by atoms with Crippen LogP contribution in [0.1, 0.15) is 32.6 Å². The van der Waals surface area contributed by atoms with E-state index in [4.69, 9.17) is 5.11 Å². The predicted molar refractivity (Wildman–Crippen MR) is 77.4 cm³/mol. The molecule has 19 heavy (non-hydrogen) atoms. The quantitative estimate of drug-likeness (QED) is 0.653. The average molecular weight is 288 g/mol.